The molecular formula is C21H25N3O2. The van der Waals surface area contributed by atoms with E-state index < -0.39 is 0 Å². The third-order valence-electron chi connectivity index (χ3n) is 4.41. The second-order valence-electron chi connectivity index (χ2n) is 7.41. The molecule has 5 heteroatoms. The molecule has 5 nitrogen and oxygen atoms in total. The molecule has 0 unspecified atom stereocenters. The van der Waals surface area contributed by atoms with Gasteiger partial charge in [-0.25, -0.2) is 5.43 Å². The van der Waals surface area contributed by atoms with Crippen LogP contribution >= 0.6 is 0 Å². The van der Waals surface area contributed by atoms with Crippen LogP contribution in [0.15, 0.2) is 52.0 Å². The van der Waals surface area contributed by atoms with Crippen LogP contribution in [0, 0.1) is 6.92 Å². The van der Waals surface area contributed by atoms with E-state index in [9.17, 15) is 4.79 Å². The highest BCUT2D eigenvalue weighted by molar-refractivity contribution is 5.87. The number of amides is 1. The maximum absolute atomic E-state index is 12.2. The first-order valence-corrected chi connectivity index (χ1v) is 8.79. The number of hydrogen-bond acceptors (Lipinski definition) is 3. The number of H-pyrrole nitrogens is 1. The molecule has 0 aliphatic rings. The molecule has 0 aliphatic heterocycles. The highest BCUT2D eigenvalue weighted by Crippen LogP contribution is 2.29. The first-order valence-electron chi connectivity index (χ1n) is 8.79. The molecule has 2 aromatic heterocycles. The molecule has 0 saturated heterocycles. The van der Waals surface area contributed by atoms with E-state index in [1.165, 1.54) is 0 Å². The number of carbonyl (C=O) groups excluding carboxylic acids is 1. The molecule has 0 saturated carbocycles. The van der Waals surface area contributed by atoms with Gasteiger partial charge < -0.3 is 9.40 Å². The van der Waals surface area contributed by atoms with Crippen molar-refractivity contribution < 1.29 is 9.21 Å². The number of hydrogen-bond donors (Lipinski definition) is 2. The Labute approximate surface area is 153 Å². The van der Waals surface area contributed by atoms with E-state index in [0.717, 1.165) is 33.8 Å². The Morgan fingerprint density at radius 1 is 1.23 bits per heavy atom. The van der Waals surface area contributed by atoms with Gasteiger partial charge in [0.2, 0.25) is 5.91 Å². The van der Waals surface area contributed by atoms with Gasteiger partial charge in [-0.3, -0.25) is 4.79 Å². The zero-order chi connectivity index (χ0) is 18.7. The van der Waals surface area contributed by atoms with Crippen LogP contribution in [-0.2, 0) is 16.6 Å². The summed E-state index contributed by atoms with van der Waals surface area (Å²) in [4.78, 5) is 15.4. The van der Waals surface area contributed by atoms with E-state index in [1.807, 2.05) is 56.3 Å². The molecule has 26 heavy (non-hydrogen) atoms. The van der Waals surface area contributed by atoms with Gasteiger partial charge in [0.05, 0.1) is 6.42 Å². The van der Waals surface area contributed by atoms with Gasteiger partial charge in [-0.05, 0) is 49.9 Å². The van der Waals surface area contributed by atoms with Crippen molar-refractivity contribution in [3.63, 3.8) is 0 Å². The van der Waals surface area contributed by atoms with Gasteiger partial charge in [-0.2, -0.15) is 5.10 Å². The molecule has 0 aliphatic carbocycles. The van der Waals surface area contributed by atoms with Gasteiger partial charge in [-0.1, -0.05) is 32.0 Å². The molecule has 0 bridgehead atoms. The molecule has 2 N–H and O–H groups in total. The second-order valence-corrected chi connectivity index (χ2v) is 7.41. The molecule has 136 valence electrons. The minimum absolute atomic E-state index is 0.137. The number of aryl methyl sites for hydroxylation is 1. The number of nitrogens with zero attached hydrogens (tertiary/aromatic N) is 1. The molecule has 1 aromatic carbocycles. The van der Waals surface area contributed by atoms with Crippen LogP contribution in [0.5, 0.6) is 0 Å². The Morgan fingerprint density at radius 3 is 2.69 bits per heavy atom. The monoisotopic (exact) mass is 351 g/mol. The van der Waals surface area contributed by atoms with Crippen molar-refractivity contribution in [2.75, 3.05) is 0 Å². The van der Waals surface area contributed by atoms with Crippen LogP contribution < -0.4 is 5.43 Å². The van der Waals surface area contributed by atoms with E-state index in [2.05, 4.69) is 29.4 Å². The zero-order valence-electron chi connectivity index (χ0n) is 15.7. The summed E-state index contributed by atoms with van der Waals surface area (Å²) in [7, 11) is 0. The molecule has 0 spiro atoms. The van der Waals surface area contributed by atoms with E-state index in [0.29, 0.717) is 6.42 Å². The van der Waals surface area contributed by atoms with E-state index in [-0.39, 0.29) is 17.7 Å². The van der Waals surface area contributed by atoms with Crippen molar-refractivity contribution in [2.24, 2.45) is 5.10 Å². The van der Waals surface area contributed by atoms with E-state index >= 15 is 0 Å². The first-order chi connectivity index (χ1) is 12.3. The number of rotatable bonds is 6. The molecule has 2 heterocycles. The van der Waals surface area contributed by atoms with Crippen molar-refractivity contribution in [3.8, 4) is 0 Å². The number of furan rings is 1. The second kappa shape index (κ2) is 7.20. The van der Waals surface area contributed by atoms with Crippen molar-refractivity contribution in [3.05, 3.63) is 59.7 Å². The van der Waals surface area contributed by atoms with Crippen LogP contribution in [0.25, 0.3) is 10.9 Å². The highest BCUT2D eigenvalue weighted by atomic mass is 16.3. The lowest BCUT2D eigenvalue weighted by atomic mass is 9.85. The fourth-order valence-corrected chi connectivity index (χ4v) is 3.16. The number of carbonyl (C=O) groups is 1. The summed E-state index contributed by atoms with van der Waals surface area (Å²) in [6.07, 6.45) is 0.971. The standard InChI is InChI=1S/C21H25N3O2/c1-14(13-21(3,4)19-10-9-15(2)26-19)23-24-20(25)12-17-11-16-7-5-6-8-18(16)22-17/h5-11,22H,12-13H2,1-4H3,(H,24,25)/b23-14-. The smallest absolute Gasteiger partial charge is 0.245 e. The lowest BCUT2D eigenvalue weighted by molar-refractivity contribution is -0.120. The number of aromatic amines is 1. The number of benzene rings is 1. The highest BCUT2D eigenvalue weighted by Gasteiger charge is 2.25. The van der Waals surface area contributed by atoms with Crippen molar-refractivity contribution >= 4 is 22.5 Å². The molecular weight excluding hydrogens is 326 g/mol. The Hall–Kier alpha value is -2.82. The number of hydrazone groups is 1. The molecule has 0 fully saturated rings. The fraction of sp³-hybridized carbons (Fsp3) is 0.333. The van der Waals surface area contributed by atoms with Crippen LogP contribution in [0.3, 0.4) is 0 Å². The quantitative estimate of drug-likeness (QED) is 0.508. The summed E-state index contributed by atoms with van der Waals surface area (Å²) in [5.74, 6) is 1.69. The van der Waals surface area contributed by atoms with Gasteiger partial charge in [0.25, 0.3) is 0 Å². The first kappa shape index (κ1) is 18.0. The maximum atomic E-state index is 12.2. The summed E-state index contributed by atoms with van der Waals surface area (Å²) in [5.41, 5.74) is 5.24. The summed E-state index contributed by atoms with van der Waals surface area (Å²) in [6.45, 7) is 8.07. The Kier molecular flexibility index (Phi) is 4.98. The largest absolute Gasteiger partial charge is 0.466 e. The normalized spacial score (nSPS) is 12.5. The molecule has 0 atom stereocenters. The minimum Gasteiger partial charge on any atom is -0.466 e. The SMILES string of the molecule is C/C(CC(C)(C)c1ccc(C)o1)=N/NC(=O)Cc1cc2ccccc2[nH]1. The van der Waals surface area contributed by atoms with Crippen LogP contribution in [0.2, 0.25) is 0 Å². The lowest BCUT2D eigenvalue weighted by Crippen LogP contribution is -2.24. The summed E-state index contributed by atoms with van der Waals surface area (Å²) < 4.78 is 5.74. The lowest BCUT2D eigenvalue weighted by Gasteiger charge is -2.21. The minimum atomic E-state index is -0.177. The molecule has 3 aromatic rings. The van der Waals surface area contributed by atoms with E-state index in [4.69, 9.17) is 4.42 Å². The van der Waals surface area contributed by atoms with Gasteiger partial charge in [0.15, 0.2) is 0 Å². The van der Waals surface area contributed by atoms with Gasteiger partial charge in [0, 0.05) is 22.3 Å². The Bertz CT molecular complexity index is 914. The number of nitrogens with one attached hydrogen (secondary N) is 2. The molecule has 0 radical (unpaired) electrons. The molecule has 3 rings (SSSR count). The maximum Gasteiger partial charge on any atom is 0.245 e. The average Bonchev–Trinajstić information content (AvgIpc) is 3.18. The Morgan fingerprint density at radius 2 is 2.00 bits per heavy atom. The van der Waals surface area contributed by atoms with Crippen molar-refractivity contribution in [1.29, 1.82) is 0 Å². The average molecular weight is 351 g/mol. The zero-order valence-corrected chi connectivity index (χ0v) is 15.7. The number of aromatic nitrogens is 1. The predicted octanol–water partition coefficient (Wildman–Crippen LogP) is 4.47. The van der Waals surface area contributed by atoms with Gasteiger partial charge >= 0.3 is 0 Å². The van der Waals surface area contributed by atoms with Gasteiger partial charge in [-0.15, -0.1) is 0 Å². The summed E-state index contributed by atoms with van der Waals surface area (Å²) in [6, 6.07) is 13.9. The topological polar surface area (TPSA) is 70.4 Å². The van der Waals surface area contributed by atoms with E-state index in [1.54, 1.807) is 0 Å². The predicted molar refractivity (Wildman–Crippen MR) is 104 cm³/mol. The molecule has 1 amide bonds. The van der Waals surface area contributed by atoms with Crippen LogP contribution in [-0.4, -0.2) is 16.6 Å². The van der Waals surface area contributed by atoms with Crippen LogP contribution in [0.1, 0.15) is 44.4 Å². The Balaban J connectivity index is 1.58. The van der Waals surface area contributed by atoms with Crippen LogP contribution in [0.4, 0.5) is 0 Å². The summed E-state index contributed by atoms with van der Waals surface area (Å²) in [5, 5.41) is 5.36. The third-order valence-corrected chi connectivity index (χ3v) is 4.41. The third kappa shape index (κ3) is 4.23. The van der Waals surface area contributed by atoms with Gasteiger partial charge in [0.1, 0.15) is 11.5 Å². The number of fused-ring (bicyclic) bond motifs is 1. The number of para-hydroxylation sites is 1. The fourth-order valence-electron chi connectivity index (χ4n) is 3.16. The van der Waals surface area contributed by atoms with Crippen molar-refractivity contribution in [1.82, 2.24) is 10.4 Å². The van der Waals surface area contributed by atoms with Crippen molar-refractivity contribution in [2.45, 2.75) is 46.0 Å². The summed E-state index contributed by atoms with van der Waals surface area (Å²) >= 11 is 0.